The first-order valence-electron chi connectivity index (χ1n) is 18.3. The van der Waals surface area contributed by atoms with Gasteiger partial charge in [0, 0.05) is 68.9 Å². The molecule has 0 aliphatic carbocycles. The van der Waals surface area contributed by atoms with Crippen LogP contribution in [0.2, 0.25) is 5.02 Å². The maximum Gasteiger partial charge on any atom is 0.326 e. The Morgan fingerprint density at radius 2 is 1.60 bits per heavy atom. The van der Waals surface area contributed by atoms with E-state index in [2.05, 4.69) is 89.0 Å². The fraction of sp³-hybridized carbons (Fsp3) is 0.295. The molecule has 0 spiro atoms. The van der Waals surface area contributed by atoms with Gasteiger partial charge in [-0.2, -0.15) is 5.26 Å². The van der Waals surface area contributed by atoms with Crippen LogP contribution in [0.1, 0.15) is 45.9 Å². The number of carbonyl (C=O) groups is 1. The number of carboxylic acid groups (broad SMARTS) is 1. The molecule has 0 radical (unpaired) electrons. The number of aliphatic carboxylic acids is 1. The zero-order valence-corrected chi connectivity index (χ0v) is 32.1. The zero-order chi connectivity index (χ0) is 39.0. The Hall–Kier alpha value is -5.28. The number of hydrogen-bond donors (Lipinski definition) is 4. The number of hydrogen-bond acceptors (Lipinski definition) is 9. The number of ether oxygens (including phenoxy) is 2. The van der Waals surface area contributed by atoms with Gasteiger partial charge in [0.1, 0.15) is 36.3 Å². The van der Waals surface area contributed by atoms with Crippen LogP contribution in [-0.2, 0) is 31.1 Å². The summed E-state index contributed by atoms with van der Waals surface area (Å²) in [5, 5.41) is 35.4. The zero-order valence-electron chi connectivity index (χ0n) is 31.4. The number of aromatic nitrogens is 1. The molecule has 5 aromatic rings. The standard InChI is InChI=1S/C44H46ClN5O5/c1-29-35(6-4-8-38(29)39-9-5-7-37(30(39)2)34-12-10-31(11-13-34)25-50-16-14-47-15-17-50)27-55-42-20-41(54-26-33-18-32(21-46)22-48-23-33)36(19-40(42)45)24-49-44(3,28-51)43(52)53/h4-13,18-20,22-23,47,49,51H,14-17,24-28H2,1-3H3,(H,52,53)/t44-/m0/s1. The van der Waals surface area contributed by atoms with Gasteiger partial charge < -0.3 is 25.0 Å². The molecule has 55 heavy (non-hydrogen) atoms. The van der Waals surface area contributed by atoms with Crippen LogP contribution in [0, 0.1) is 25.2 Å². The van der Waals surface area contributed by atoms with Crippen molar-refractivity contribution in [2.75, 3.05) is 32.8 Å². The molecular formula is C44H46ClN5O5. The lowest BCUT2D eigenvalue weighted by atomic mass is 9.89. The molecule has 4 aromatic carbocycles. The molecule has 284 valence electrons. The summed E-state index contributed by atoms with van der Waals surface area (Å²) in [6.45, 7) is 10.6. The van der Waals surface area contributed by atoms with E-state index in [0.717, 1.165) is 55.0 Å². The van der Waals surface area contributed by atoms with Crippen LogP contribution in [0.25, 0.3) is 22.3 Å². The maximum atomic E-state index is 11.8. The summed E-state index contributed by atoms with van der Waals surface area (Å²) in [4.78, 5) is 18.4. The van der Waals surface area contributed by atoms with Gasteiger partial charge in [-0.3, -0.25) is 20.0 Å². The van der Waals surface area contributed by atoms with E-state index in [4.69, 9.17) is 21.1 Å². The van der Waals surface area contributed by atoms with E-state index in [9.17, 15) is 20.3 Å². The largest absolute Gasteiger partial charge is 0.488 e. The molecule has 0 unspecified atom stereocenters. The molecule has 0 saturated carbocycles. The van der Waals surface area contributed by atoms with Crippen molar-refractivity contribution >= 4 is 17.6 Å². The van der Waals surface area contributed by atoms with Crippen LogP contribution < -0.4 is 20.1 Å². The van der Waals surface area contributed by atoms with Gasteiger partial charge in [0.15, 0.2) is 0 Å². The molecule has 6 rings (SSSR count). The van der Waals surface area contributed by atoms with Crippen molar-refractivity contribution in [2.45, 2.75) is 52.6 Å². The molecule has 1 saturated heterocycles. The van der Waals surface area contributed by atoms with Gasteiger partial charge in [-0.05, 0) is 77.4 Å². The Bertz CT molecular complexity index is 2180. The van der Waals surface area contributed by atoms with E-state index >= 15 is 0 Å². The summed E-state index contributed by atoms with van der Waals surface area (Å²) in [5.41, 5.74) is 9.29. The van der Waals surface area contributed by atoms with Gasteiger partial charge in [-0.1, -0.05) is 72.3 Å². The Labute approximate surface area is 327 Å². The molecule has 1 fully saturated rings. The fourth-order valence-electron chi connectivity index (χ4n) is 6.68. The van der Waals surface area contributed by atoms with E-state index in [1.807, 2.05) is 12.1 Å². The number of pyridine rings is 1. The first-order valence-corrected chi connectivity index (χ1v) is 18.7. The normalized spacial score (nSPS) is 14.2. The average molecular weight is 760 g/mol. The highest BCUT2D eigenvalue weighted by Gasteiger charge is 2.32. The molecule has 1 aromatic heterocycles. The summed E-state index contributed by atoms with van der Waals surface area (Å²) >= 11 is 6.77. The third kappa shape index (κ3) is 9.51. The van der Waals surface area contributed by atoms with Crippen molar-refractivity contribution < 1.29 is 24.5 Å². The van der Waals surface area contributed by atoms with Crippen LogP contribution in [0.15, 0.2) is 91.3 Å². The Morgan fingerprint density at radius 3 is 2.31 bits per heavy atom. The van der Waals surface area contributed by atoms with Crippen molar-refractivity contribution in [2.24, 2.45) is 0 Å². The highest BCUT2D eigenvalue weighted by Crippen LogP contribution is 2.37. The van der Waals surface area contributed by atoms with Gasteiger partial charge >= 0.3 is 5.97 Å². The fourth-order valence-corrected chi connectivity index (χ4v) is 6.92. The minimum Gasteiger partial charge on any atom is -0.488 e. The molecule has 1 atom stereocenters. The van der Waals surface area contributed by atoms with Crippen molar-refractivity contribution in [1.82, 2.24) is 20.5 Å². The molecule has 0 bridgehead atoms. The predicted octanol–water partition coefficient (Wildman–Crippen LogP) is 7.05. The molecule has 4 N–H and O–H groups in total. The topological polar surface area (TPSA) is 140 Å². The van der Waals surface area contributed by atoms with Crippen LogP contribution in [0.5, 0.6) is 11.5 Å². The minimum atomic E-state index is -1.58. The number of benzene rings is 4. The quantitative estimate of drug-likeness (QED) is 0.0879. The van der Waals surface area contributed by atoms with Gasteiger partial charge in [-0.15, -0.1) is 0 Å². The summed E-state index contributed by atoms with van der Waals surface area (Å²) in [7, 11) is 0. The van der Waals surface area contributed by atoms with E-state index in [-0.39, 0.29) is 19.8 Å². The Kier molecular flexibility index (Phi) is 12.8. The van der Waals surface area contributed by atoms with Gasteiger partial charge in [0.05, 0.1) is 17.2 Å². The predicted molar refractivity (Wildman–Crippen MR) is 214 cm³/mol. The van der Waals surface area contributed by atoms with E-state index < -0.39 is 18.1 Å². The van der Waals surface area contributed by atoms with Crippen molar-refractivity contribution in [3.05, 3.63) is 135 Å². The SMILES string of the molecule is Cc1c(COc2cc(OCc3cncc(C#N)c3)c(CN[C@@](C)(CO)C(=O)O)cc2Cl)cccc1-c1cccc(-c2ccc(CN3CCNCC3)cc2)c1C. The van der Waals surface area contributed by atoms with Crippen LogP contribution >= 0.6 is 11.6 Å². The van der Waals surface area contributed by atoms with E-state index in [0.29, 0.717) is 33.2 Å². The van der Waals surface area contributed by atoms with Crippen LogP contribution in [0.4, 0.5) is 0 Å². The number of piperazine rings is 1. The molecule has 2 heterocycles. The van der Waals surface area contributed by atoms with E-state index in [1.165, 1.54) is 35.4 Å². The third-order valence-corrected chi connectivity index (χ3v) is 10.5. The Balaban J connectivity index is 1.22. The summed E-state index contributed by atoms with van der Waals surface area (Å²) in [6.07, 6.45) is 3.08. The van der Waals surface area contributed by atoms with Crippen LogP contribution in [0.3, 0.4) is 0 Å². The van der Waals surface area contributed by atoms with Gasteiger partial charge in [-0.25, -0.2) is 0 Å². The summed E-state index contributed by atoms with van der Waals surface area (Å²) < 4.78 is 12.5. The lowest BCUT2D eigenvalue weighted by Crippen LogP contribution is -2.52. The van der Waals surface area contributed by atoms with Gasteiger partial charge in [0.2, 0.25) is 0 Å². The minimum absolute atomic E-state index is 0.0371. The van der Waals surface area contributed by atoms with Crippen molar-refractivity contribution in [1.29, 1.82) is 5.26 Å². The third-order valence-electron chi connectivity index (χ3n) is 10.2. The second kappa shape index (κ2) is 17.9. The lowest BCUT2D eigenvalue weighted by Gasteiger charge is -2.27. The van der Waals surface area contributed by atoms with Gasteiger partial charge in [0.25, 0.3) is 0 Å². The number of nitriles is 1. The second-order valence-electron chi connectivity index (χ2n) is 14.1. The number of carboxylic acids is 1. The number of halogens is 1. The Morgan fingerprint density at radius 1 is 0.909 bits per heavy atom. The lowest BCUT2D eigenvalue weighted by molar-refractivity contribution is -0.145. The molecule has 10 nitrogen and oxygen atoms in total. The smallest absolute Gasteiger partial charge is 0.326 e. The highest BCUT2D eigenvalue weighted by atomic mass is 35.5. The number of aliphatic hydroxyl groups is 1. The summed E-state index contributed by atoms with van der Waals surface area (Å²) in [5.74, 6) is -0.413. The molecule has 1 aliphatic heterocycles. The number of nitrogens with zero attached hydrogens (tertiary/aromatic N) is 3. The summed E-state index contributed by atoms with van der Waals surface area (Å²) in [6, 6.07) is 28.7. The maximum absolute atomic E-state index is 11.8. The second-order valence-corrected chi connectivity index (χ2v) is 14.5. The molecular weight excluding hydrogens is 714 g/mol. The first kappa shape index (κ1) is 39.4. The first-order chi connectivity index (χ1) is 26.6. The van der Waals surface area contributed by atoms with Crippen molar-refractivity contribution in [3.63, 3.8) is 0 Å². The van der Waals surface area contributed by atoms with E-state index in [1.54, 1.807) is 24.4 Å². The number of rotatable bonds is 15. The monoisotopic (exact) mass is 759 g/mol. The average Bonchev–Trinajstić information content (AvgIpc) is 3.20. The highest BCUT2D eigenvalue weighted by molar-refractivity contribution is 6.32. The molecule has 11 heteroatoms. The number of nitrogens with one attached hydrogen (secondary N) is 2. The molecule has 0 amide bonds. The molecule has 1 aliphatic rings. The number of aliphatic hydroxyl groups excluding tert-OH is 1. The van der Waals surface area contributed by atoms with Crippen LogP contribution in [-0.4, -0.2) is 64.4 Å². The van der Waals surface area contributed by atoms with Crippen molar-refractivity contribution in [3.8, 4) is 39.8 Å².